The number of nitrogens with one attached hydrogen (secondary N) is 1. The van der Waals surface area contributed by atoms with Crippen molar-refractivity contribution in [2.75, 3.05) is 11.1 Å². The van der Waals surface area contributed by atoms with E-state index in [0.29, 0.717) is 11.7 Å². The minimum atomic E-state index is -0.465. The number of amides is 1. The molecule has 0 radical (unpaired) electrons. The number of hydrogen-bond donors (Lipinski definition) is 1. The van der Waals surface area contributed by atoms with Crippen LogP contribution in [0.3, 0.4) is 0 Å². The van der Waals surface area contributed by atoms with Crippen molar-refractivity contribution in [2.45, 2.75) is 18.6 Å². The number of aryl methyl sites for hydroxylation is 1. The molecule has 0 spiro atoms. The maximum Gasteiger partial charge on any atom is 0.234 e. The van der Waals surface area contributed by atoms with Gasteiger partial charge in [-0.1, -0.05) is 54.2 Å². The summed E-state index contributed by atoms with van der Waals surface area (Å²) in [5, 5.41) is 11.7. The maximum atomic E-state index is 13.6. The number of hydrogen-bond acceptors (Lipinski definition) is 4. The Bertz CT molecular complexity index is 970. The van der Waals surface area contributed by atoms with Crippen LogP contribution in [0.4, 0.5) is 10.1 Å². The molecule has 1 aromatic heterocycles. The number of nitrogens with zero attached hydrogens (tertiary/aromatic N) is 3. The van der Waals surface area contributed by atoms with Gasteiger partial charge in [0, 0.05) is 12.1 Å². The normalized spacial score (nSPS) is 10.6. The van der Waals surface area contributed by atoms with E-state index in [2.05, 4.69) is 22.1 Å². The molecule has 0 bridgehead atoms. The highest BCUT2D eigenvalue weighted by Gasteiger charge is 2.16. The first-order valence-electron chi connectivity index (χ1n) is 8.37. The van der Waals surface area contributed by atoms with Crippen LogP contribution in [-0.2, 0) is 11.3 Å². The zero-order valence-electron chi connectivity index (χ0n) is 14.9. The van der Waals surface area contributed by atoms with Crippen LogP contribution in [0.15, 0.2) is 66.3 Å². The number of carbonyl (C=O) groups is 1. The number of rotatable bonds is 7. The molecule has 0 atom stereocenters. The second-order valence-corrected chi connectivity index (χ2v) is 6.78. The van der Waals surface area contributed by atoms with Crippen LogP contribution in [0.5, 0.6) is 0 Å². The summed E-state index contributed by atoms with van der Waals surface area (Å²) in [6.07, 6.45) is 1.76. The number of para-hydroxylation sites is 1. The minimum absolute atomic E-state index is 0.0946. The molecule has 1 N–H and O–H groups in total. The van der Waals surface area contributed by atoms with Crippen molar-refractivity contribution in [3.63, 3.8) is 0 Å². The summed E-state index contributed by atoms with van der Waals surface area (Å²) in [4.78, 5) is 12.2. The van der Waals surface area contributed by atoms with Crippen molar-refractivity contribution < 1.29 is 9.18 Å². The average molecular weight is 382 g/mol. The fourth-order valence-corrected chi connectivity index (χ4v) is 3.34. The molecule has 27 heavy (non-hydrogen) atoms. The largest absolute Gasteiger partial charge is 0.323 e. The van der Waals surface area contributed by atoms with Crippen LogP contribution < -0.4 is 5.32 Å². The lowest BCUT2D eigenvalue weighted by Gasteiger charge is -2.10. The van der Waals surface area contributed by atoms with Crippen LogP contribution in [0, 0.1) is 12.7 Å². The van der Waals surface area contributed by atoms with Gasteiger partial charge >= 0.3 is 0 Å². The SMILES string of the molecule is C=CCn1c(SCC(=O)Nc2ccccc2F)nnc1-c1ccccc1C. The van der Waals surface area contributed by atoms with Crippen molar-refractivity contribution in [2.24, 2.45) is 0 Å². The van der Waals surface area contributed by atoms with Gasteiger partial charge in [-0.2, -0.15) is 0 Å². The van der Waals surface area contributed by atoms with E-state index in [4.69, 9.17) is 0 Å². The summed E-state index contributed by atoms with van der Waals surface area (Å²) >= 11 is 1.25. The van der Waals surface area contributed by atoms with Crippen LogP contribution in [-0.4, -0.2) is 26.4 Å². The molecule has 5 nitrogen and oxygen atoms in total. The van der Waals surface area contributed by atoms with Crippen molar-refractivity contribution >= 4 is 23.4 Å². The van der Waals surface area contributed by atoms with Crippen molar-refractivity contribution in [3.05, 3.63) is 72.6 Å². The number of carbonyl (C=O) groups excluding carboxylic acids is 1. The van der Waals surface area contributed by atoms with Gasteiger partial charge in [0.2, 0.25) is 5.91 Å². The Morgan fingerprint density at radius 1 is 1.22 bits per heavy atom. The number of allylic oxidation sites excluding steroid dienone is 1. The van der Waals surface area contributed by atoms with E-state index in [-0.39, 0.29) is 17.3 Å². The highest BCUT2D eigenvalue weighted by Crippen LogP contribution is 2.26. The van der Waals surface area contributed by atoms with E-state index < -0.39 is 5.82 Å². The fourth-order valence-electron chi connectivity index (χ4n) is 2.59. The molecule has 0 aliphatic carbocycles. The van der Waals surface area contributed by atoms with Crippen LogP contribution in [0.25, 0.3) is 11.4 Å². The summed E-state index contributed by atoms with van der Waals surface area (Å²) in [6, 6.07) is 14.0. The molecule has 0 unspecified atom stereocenters. The Morgan fingerprint density at radius 3 is 2.70 bits per heavy atom. The Kier molecular flexibility index (Phi) is 6.03. The molecule has 3 rings (SSSR count). The highest BCUT2D eigenvalue weighted by molar-refractivity contribution is 7.99. The number of thioether (sulfide) groups is 1. The van der Waals surface area contributed by atoms with Crippen molar-refractivity contribution in [3.8, 4) is 11.4 Å². The van der Waals surface area contributed by atoms with Gasteiger partial charge in [0.25, 0.3) is 0 Å². The molecule has 2 aromatic carbocycles. The van der Waals surface area contributed by atoms with Gasteiger partial charge in [-0.25, -0.2) is 4.39 Å². The molecular formula is C20H19FN4OS. The van der Waals surface area contributed by atoms with Crippen molar-refractivity contribution in [1.29, 1.82) is 0 Å². The van der Waals surface area contributed by atoms with Gasteiger partial charge in [0.1, 0.15) is 5.82 Å². The summed E-state index contributed by atoms with van der Waals surface area (Å²) in [7, 11) is 0. The number of halogens is 1. The molecule has 7 heteroatoms. The third-order valence-electron chi connectivity index (χ3n) is 3.89. The quantitative estimate of drug-likeness (QED) is 0.489. The number of benzene rings is 2. The summed E-state index contributed by atoms with van der Waals surface area (Å²) < 4.78 is 15.6. The van der Waals surface area contributed by atoms with Gasteiger partial charge < -0.3 is 5.32 Å². The lowest BCUT2D eigenvalue weighted by Crippen LogP contribution is -2.15. The lowest BCUT2D eigenvalue weighted by molar-refractivity contribution is -0.113. The fraction of sp³-hybridized carbons (Fsp3) is 0.150. The van der Waals surface area contributed by atoms with E-state index in [0.717, 1.165) is 17.0 Å². The van der Waals surface area contributed by atoms with E-state index >= 15 is 0 Å². The molecule has 0 fully saturated rings. The van der Waals surface area contributed by atoms with E-state index in [1.165, 1.54) is 23.9 Å². The van der Waals surface area contributed by atoms with Gasteiger partial charge in [0.15, 0.2) is 11.0 Å². The molecule has 3 aromatic rings. The van der Waals surface area contributed by atoms with Crippen LogP contribution in [0.2, 0.25) is 0 Å². The molecule has 0 saturated heterocycles. The third-order valence-corrected chi connectivity index (χ3v) is 4.86. The summed E-state index contributed by atoms with van der Waals surface area (Å²) in [6.45, 7) is 6.32. The summed E-state index contributed by atoms with van der Waals surface area (Å²) in [5.41, 5.74) is 2.23. The second-order valence-electron chi connectivity index (χ2n) is 5.84. The van der Waals surface area contributed by atoms with Gasteiger partial charge in [0.05, 0.1) is 11.4 Å². The zero-order valence-corrected chi connectivity index (χ0v) is 15.7. The Balaban J connectivity index is 1.75. The van der Waals surface area contributed by atoms with Crippen LogP contribution in [0.1, 0.15) is 5.56 Å². The average Bonchev–Trinajstić information content (AvgIpc) is 3.05. The predicted molar refractivity (Wildman–Crippen MR) is 106 cm³/mol. The first kappa shape index (κ1) is 18.8. The van der Waals surface area contributed by atoms with Crippen molar-refractivity contribution in [1.82, 2.24) is 14.8 Å². The molecular weight excluding hydrogens is 363 g/mol. The summed E-state index contributed by atoms with van der Waals surface area (Å²) in [5.74, 6) is 0.0467. The van der Waals surface area contributed by atoms with Gasteiger partial charge in [-0.15, -0.1) is 16.8 Å². The van der Waals surface area contributed by atoms with E-state index in [1.54, 1.807) is 18.2 Å². The molecule has 0 aliphatic rings. The Labute approximate surface area is 161 Å². The smallest absolute Gasteiger partial charge is 0.234 e. The van der Waals surface area contributed by atoms with E-state index in [1.807, 2.05) is 35.8 Å². The standard InChI is InChI=1S/C20H19FN4OS/c1-3-12-25-19(15-9-5-4-8-14(15)2)23-24-20(25)27-13-18(26)22-17-11-7-6-10-16(17)21/h3-11H,1,12-13H2,2H3,(H,22,26). The van der Waals surface area contributed by atoms with Gasteiger partial charge in [-0.05, 0) is 24.6 Å². The highest BCUT2D eigenvalue weighted by atomic mass is 32.2. The Hall–Kier alpha value is -2.93. The second kappa shape index (κ2) is 8.64. The predicted octanol–water partition coefficient (Wildman–Crippen LogP) is 4.31. The maximum absolute atomic E-state index is 13.6. The first-order chi connectivity index (χ1) is 13.1. The molecule has 1 heterocycles. The first-order valence-corrected chi connectivity index (χ1v) is 9.36. The molecule has 1 amide bonds. The zero-order chi connectivity index (χ0) is 19.2. The number of anilines is 1. The molecule has 138 valence electrons. The molecule has 0 saturated carbocycles. The number of aromatic nitrogens is 3. The van der Waals surface area contributed by atoms with E-state index in [9.17, 15) is 9.18 Å². The molecule has 0 aliphatic heterocycles. The monoisotopic (exact) mass is 382 g/mol. The van der Waals surface area contributed by atoms with Crippen LogP contribution >= 0.6 is 11.8 Å². The third kappa shape index (κ3) is 4.43. The Morgan fingerprint density at radius 2 is 1.96 bits per heavy atom. The van der Waals surface area contributed by atoms with Gasteiger partial charge in [-0.3, -0.25) is 9.36 Å². The minimum Gasteiger partial charge on any atom is -0.323 e. The topological polar surface area (TPSA) is 59.8 Å². The lowest BCUT2D eigenvalue weighted by atomic mass is 10.1.